The summed E-state index contributed by atoms with van der Waals surface area (Å²) in [7, 11) is 0. The van der Waals surface area contributed by atoms with Crippen molar-refractivity contribution in [3.63, 3.8) is 0 Å². The van der Waals surface area contributed by atoms with E-state index in [4.69, 9.17) is 4.74 Å². The monoisotopic (exact) mass is 291 g/mol. The molecular weight excluding hydrogens is 266 g/mol. The van der Waals surface area contributed by atoms with Crippen molar-refractivity contribution in [2.45, 2.75) is 46.0 Å². The minimum absolute atomic E-state index is 0.0150. The van der Waals surface area contributed by atoms with Crippen molar-refractivity contribution in [1.82, 2.24) is 5.32 Å². The van der Waals surface area contributed by atoms with E-state index in [1.165, 1.54) is 6.42 Å². The highest BCUT2D eigenvalue weighted by molar-refractivity contribution is 5.98. The van der Waals surface area contributed by atoms with E-state index in [-0.39, 0.29) is 24.5 Å². The maximum Gasteiger partial charge on any atom is 0.220 e. The Hall–Kier alpha value is -1.84. The molecule has 0 aliphatic heterocycles. The second kappa shape index (κ2) is 9.97. The zero-order valence-corrected chi connectivity index (χ0v) is 13.0. The third-order valence-corrected chi connectivity index (χ3v) is 3.15. The third kappa shape index (κ3) is 6.93. The maximum atomic E-state index is 11.9. The molecule has 0 atom stereocenters. The van der Waals surface area contributed by atoms with Gasteiger partial charge in [-0.25, -0.2) is 0 Å². The third-order valence-electron chi connectivity index (χ3n) is 3.15. The van der Waals surface area contributed by atoms with Gasteiger partial charge in [-0.3, -0.25) is 9.59 Å². The fourth-order valence-electron chi connectivity index (χ4n) is 1.94. The van der Waals surface area contributed by atoms with Crippen LogP contribution >= 0.6 is 0 Å². The quantitative estimate of drug-likeness (QED) is 0.531. The van der Waals surface area contributed by atoms with E-state index in [2.05, 4.69) is 12.2 Å². The predicted molar refractivity (Wildman–Crippen MR) is 83.7 cm³/mol. The second-order valence-electron chi connectivity index (χ2n) is 4.96. The van der Waals surface area contributed by atoms with Crippen molar-refractivity contribution >= 4 is 11.7 Å². The Morgan fingerprint density at radius 2 is 1.76 bits per heavy atom. The first-order chi connectivity index (χ1) is 10.2. The van der Waals surface area contributed by atoms with Crippen molar-refractivity contribution in [1.29, 1.82) is 0 Å². The van der Waals surface area contributed by atoms with Gasteiger partial charge >= 0.3 is 0 Å². The van der Waals surface area contributed by atoms with E-state index in [1.54, 1.807) is 12.1 Å². The zero-order chi connectivity index (χ0) is 15.5. The number of carbonyl (C=O) groups is 2. The van der Waals surface area contributed by atoms with Crippen molar-refractivity contribution in [2.24, 2.45) is 0 Å². The highest BCUT2D eigenvalue weighted by atomic mass is 16.5. The Kier molecular flexibility index (Phi) is 8.17. The summed E-state index contributed by atoms with van der Waals surface area (Å²) in [6, 6.07) is 7.14. The van der Waals surface area contributed by atoms with Crippen molar-refractivity contribution < 1.29 is 14.3 Å². The van der Waals surface area contributed by atoms with Gasteiger partial charge in [-0.05, 0) is 37.6 Å². The Morgan fingerprint density at radius 1 is 1.05 bits per heavy atom. The fourth-order valence-corrected chi connectivity index (χ4v) is 1.94. The molecule has 0 aromatic heterocycles. The number of rotatable bonds is 10. The highest BCUT2D eigenvalue weighted by Crippen LogP contribution is 2.14. The molecule has 0 heterocycles. The SMILES string of the molecule is CCCCCOc1ccc(C(=O)CCC(=O)NCC)cc1. The number of amides is 1. The first-order valence-electron chi connectivity index (χ1n) is 7.70. The average molecular weight is 291 g/mol. The molecule has 4 heteroatoms. The molecule has 1 rings (SSSR count). The standard InChI is InChI=1S/C17H25NO3/c1-3-5-6-13-21-15-9-7-14(8-10-15)16(19)11-12-17(20)18-4-2/h7-10H,3-6,11-13H2,1-2H3,(H,18,20). The van der Waals surface area contributed by atoms with Gasteiger partial charge in [0, 0.05) is 24.9 Å². The lowest BCUT2D eigenvalue weighted by atomic mass is 10.1. The Morgan fingerprint density at radius 3 is 2.38 bits per heavy atom. The molecule has 21 heavy (non-hydrogen) atoms. The van der Waals surface area contributed by atoms with Crippen LogP contribution in [0.5, 0.6) is 5.75 Å². The fraction of sp³-hybridized carbons (Fsp3) is 0.529. The van der Waals surface area contributed by atoms with Crippen LogP contribution in [0.3, 0.4) is 0 Å². The first kappa shape index (κ1) is 17.2. The van der Waals surface area contributed by atoms with Crippen LogP contribution in [0, 0.1) is 0 Å². The Bertz CT molecular complexity index is 440. The van der Waals surface area contributed by atoms with Crippen molar-refractivity contribution in [2.75, 3.05) is 13.2 Å². The van der Waals surface area contributed by atoms with E-state index >= 15 is 0 Å². The highest BCUT2D eigenvalue weighted by Gasteiger charge is 2.09. The summed E-state index contributed by atoms with van der Waals surface area (Å²) in [5.74, 6) is 0.687. The van der Waals surface area contributed by atoms with E-state index in [0.29, 0.717) is 18.7 Å². The number of unbranched alkanes of at least 4 members (excludes halogenated alkanes) is 2. The molecule has 1 N–H and O–H groups in total. The number of benzene rings is 1. The number of ketones is 1. The molecule has 0 bridgehead atoms. The van der Waals surface area contributed by atoms with E-state index in [1.807, 2.05) is 19.1 Å². The molecule has 0 spiro atoms. The van der Waals surface area contributed by atoms with Crippen LogP contribution in [0.25, 0.3) is 0 Å². The van der Waals surface area contributed by atoms with Gasteiger partial charge in [-0.15, -0.1) is 0 Å². The van der Waals surface area contributed by atoms with Crippen LogP contribution in [0.2, 0.25) is 0 Å². The number of hydrogen-bond donors (Lipinski definition) is 1. The molecule has 0 aliphatic rings. The van der Waals surface area contributed by atoms with Crippen LogP contribution in [0.15, 0.2) is 24.3 Å². The van der Waals surface area contributed by atoms with Crippen LogP contribution < -0.4 is 10.1 Å². The van der Waals surface area contributed by atoms with Gasteiger partial charge in [0.2, 0.25) is 5.91 Å². The van der Waals surface area contributed by atoms with Gasteiger partial charge in [0.05, 0.1) is 6.61 Å². The van der Waals surface area contributed by atoms with E-state index in [0.717, 1.165) is 18.6 Å². The molecule has 1 aromatic rings. The van der Waals surface area contributed by atoms with Gasteiger partial charge in [-0.1, -0.05) is 19.8 Å². The Labute approximate surface area is 126 Å². The number of nitrogens with one attached hydrogen (secondary N) is 1. The van der Waals surface area contributed by atoms with Gasteiger partial charge < -0.3 is 10.1 Å². The number of Topliss-reactive ketones (excluding diaryl/α,β-unsaturated/α-hetero) is 1. The summed E-state index contributed by atoms with van der Waals surface area (Å²) in [6.07, 6.45) is 3.85. The van der Waals surface area contributed by atoms with Crippen LogP contribution in [0.1, 0.15) is 56.3 Å². The smallest absolute Gasteiger partial charge is 0.220 e. The number of ether oxygens (including phenoxy) is 1. The van der Waals surface area contributed by atoms with Crippen LogP contribution in [-0.4, -0.2) is 24.8 Å². The number of carbonyl (C=O) groups excluding carboxylic acids is 2. The second-order valence-corrected chi connectivity index (χ2v) is 4.96. The average Bonchev–Trinajstić information content (AvgIpc) is 2.50. The van der Waals surface area contributed by atoms with E-state index in [9.17, 15) is 9.59 Å². The summed E-state index contributed by atoms with van der Waals surface area (Å²) >= 11 is 0. The summed E-state index contributed by atoms with van der Waals surface area (Å²) in [4.78, 5) is 23.3. The molecule has 0 radical (unpaired) electrons. The lowest BCUT2D eigenvalue weighted by Gasteiger charge is -2.07. The summed E-state index contributed by atoms with van der Waals surface area (Å²) in [6.45, 7) is 5.32. The number of hydrogen-bond acceptors (Lipinski definition) is 3. The molecule has 1 aromatic carbocycles. The topological polar surface area (TPSA) is 55.4 Å². The van der Waals surface area contributed by atoms with Crippen molar-refractivity contribution in [3.8, 4) is 5.75 Å². The van der Waals surface area contributed by atoms with E-state index < -0.39 is 0 Å². The normalized spacial score (nSPS) is 10.2. The van der Waals surface area contributed by atoms with Crippen LogP contribution in [0.4, 0.5) is 0 Å². The van der Waals surface area contributed by atoms with Gasteiger partial charge in [0.15, 0.2) is 5.78 Å². The lowest BCUT2D eigenvalue weighted by Crippen LogP contribution is -2.23. The molecule has 0 fully saturated rings. The van der Waals surface area contributed by atoms with Gasteiger partial charge in [0.25, 0.3) is 0 Å². The van der Waals surface area contributed by atoms with Crippen LogP contribution in [-0.2, 0) is 4.79 Å². The summed E-state index contributed by atoms with van der Waals surface area (Å²) < 4.78 is 5.60. The molecular formula is C17H25NO3. The zero-order valence-electron chi connectivity index (χ0n) is 13.0. The Balaban J connectivity index is 2.38. The molecule has 0 unspecified atom stereocenters. The molecule has 1 amide bonds. The predicted octanol–water partition coefficient (Wildman–Crippen LogP) is 3.35. The molecule has 0 aliphatic carbocycles. The summed E-state index contributed by atoms with van der Waals surface area (Å²) in [5, 5.41) is 2.68. The molecule has 0 saturated heterocycles. The minimum atomic E-state index is -0.0817. The maximum absolute atomic E-state index is 11.9. The largest absolute Gasteiger partial charge is 0.494 e. The minimum Gasteiger partial charge on any atom is -0.494 e. The lowest BCUT2D eigenvalue weighted by molar-refractivity contribution is -0.120. The molecule has 116 valence electrons. The first-order valence-corrected chi connectivity index (χ1v) is 7.70. The summed E-state index contributed by atoms with van der Waals surface area (Å²) in [5.41, 5.74) is 0.625. The van der Waals surface area contributed by atoms with Gasteiger partial charge in [0.1, 0.15) is 5.75 Å². The van der Waals surface area contributed by atoms with Gasteiger partial charge in [-0.2, -0.15) is 0 Å². The molecule has 4 nitrogen and oxygen atoms in total. The van der Waals surface area contributed by atoms with Crippen molar-refractivity contribution in [3.05, 3.63) is 29.8 Å². The molecule has 0 saturated carbocycles.